The van der Waals surface area contributed by atoms with E-state index in [4.69, 9.17) is 16.3 Å². The highest BCUT2D eigenvalue weighted by atomic mass is 35.5. The van der Waals surface area contributed by atoms with E-state index in [1.165, 1.54) is 0 Å². The Morgan fingerprint density at radius 1 is 1.50 bits per heavy atom. The zero-order chi connectivity index (χ0) is 7.56. The van der Waals surface area contributed by atoms with Crippen LogP contribution >= 0.6 is 11.6 Å². The molecule has 0 aliphatic heterocycles. The van der Waals surface area contributed by atoms with Gasteiger partial charge in [0.2, 0.25) is 0 Å². The number of ether oxygens (including phenoxy) is 2. The SMILES string of the molecule is COC1CC(OC(=O)Cl)C1. The van der Waals surface area contributed by atoms with Crippen molar-refractivity contribution < 1.29 is 14.3 Å². The molecule has 1 aliphatic carbocycles. The van der Waals surface area contributed by atoms with Gasteiger partial charge in [0, 0.05) is 31.6 Å². The van der Waals surface area contributed by atoms with Gasteiger partial charge in [-0.2, -0.15) is 0 Å². The highest BCUT2D eigenvalue weighted by Crippen LogP contribution is 2.26. The summed E-state index contributed by atoms with van der Waals surface area (Å²) in [7, 11) is 1.64. The molecule has 0 atom stereocenters. The van der Waals surface area contributed by atoms with Gasteiger partial charge in [0.1, 0.15) is 6.10 Å². The van der Waals surface area contributed by atoms with E-state index >= 15 is 0 Å². The summed E-state index contributed by atoms with van der Waals surface area (Å²) in [6.45, 7) is 0. The third kappa shape index (κ3) is 1.85. The van der Waals surface area contributed by atoms with Gasteiger partial charge in [-0.05, 0) is 0 Å². The summed E-state index contributed by atoms with van der Waals surface area (Å²) >= 11 is 4.97. The van der Waals surface area contributed by atoms with Gasteiger partial charge in [0.15, 0.2) is 0 Å². The summed E-state index contributed by atoms with van der Waals surface area (Å²) in [5.41, 5.74) is -0.723. The molecule has 1 saturated carbocycles. The maximum atomic E-state index is 10.1. The fourth-order valence-electron chi connectivity index (χ4n) is 0.937. The van der Waals surface area contributed by atoms with Crippen LogP contribution < -0.4 is 0 Å². The minimum absolute atomic E-state index is 0.0186. The van der Waals surface area contributed by atoms with E-state index in [2.05, 4.69) is 4.74 Å². The third-order valence-electron chi connectivity index (χ3n) is 1.64. The highest BCUT2D eigenvalue weighted by Gasteiger charge is 2.31. The van der Waals surface area contributed by atoms with Crippen molar-refractivity contribution >= 4 is 17.0 Å². The molecule has 0 aromatic rings. The van der Waals surface area contributed by atoms with E-state index in [0.717, 1.165) is 12.8 Å². The van der Waals surface area contributed by atoms with Gasteiger partial charge in [-0.3, -0.25) is 0 Å². The second kappa shape index (κ2) is 3.21. The van der Waals surface area contributed by atoms with Crippen molar-refractivity contribution in [1.29, 1.82) is 0 Å². The molecule has 10 heavy (non-hydrogen) atoms. The number of hydrogen-bond acceptors (Lipinski definition) is 3. The van der Waals surface area contributed by atoms with Gasteiger partial charge < -0.3 is 9.47 Å². The molecule has 0 saturated heterocycles. The quantitative estimate of drug-likeness (QED) is 0.581. The lowest BCUT2D eigenvalue weighted by Crippen LogP contribution is -2.37. The molecule has 0 heterocycles. The molecule has 0 unspecified atom stereocenters. The molecule has 1 aliphatic rings. The van der Waals surface area contributed by atoms with E-state index in [9.17, 15) is 4.79 Å². The van der Waals surface area contributed by atoms with Gasteiger partial charge in [-0.1, -0.05) is 0 Å². The average molecular weight is 165 g/mol. The molecule has 1 fully saturated rings. The predicted molar refractivity (Wildman–Crippen MR) is 36.2 cm³/mol. The smallest absolute Gasteiger partial charge is 0.404 e. The largest absolute Gasteiger partial charge is 0.450 e. The summed E-state index contributed by atoms with van der Waals surface area (Å²) in [5, 5.41) is 0. The van der Waals surface area contributed by atoms with E-state index in [1.807, 2.05) is 0 Å². The summed E-state index contributed by atoms with van der Waals surface area (Å²) in [6.07, 6.45) is 1.78. The first-order chi connectivity index (χ1) is 4.72. The molecule has 1 rings (SSSR count). The van der Waals surface area contributed by atoms with Crippen LogP contribution in [0.3, 0.4) is 0 Å². The van der Waals surface area contributed by atoms with Crippen LogP contribution in [0, 0.1) is 0 Å². The molecular formula is C6H9ClO3. The molecule has 0 bridgehead atoms. The molecule has 58 valence electrons. The number of halogens is 1. The van der Waals surface area contributed by atoms with E-state index in [1.54, 1.807) is 7.11 Å². The molecule has 0 spiro atoms. The molecule has 0 amide bonds. The molecule has 4 heteroatoms. The zero-order valence-corrected chi connectivity index (χ0v) is 6.43. The van der Waals surface area contributed by atoms with Crippen LogP contribution in [0.15, 0.2) is 0 Å². The summed E-state index contributed by atoms with van der Waals surface area (Å²) < 4.78 is 9.63. The van der Waals surface area contributed by atoms with Crippen molar-refractivity contribution in [2.24, 2.45) is 0 Å². The fourth-order valence-corrected chi connectivity index (χ4v) is 1.06. The van der Waals surface area contributed by atoms with Crippen molar-refractivity contribution in [2.75, 3.05) is 7.11 Å². The number of rotatable bonds is 2. The number of carbonyl (C=O) groups excluding carboxylic acids is 1. The second-order valence-electron chi connectivity index (χ2n) is 2.31. The zero-order valence-electron chi connectivity index (χ0n) is 5.67. The first-order valence-corrected chi connectivity index (χ1v) is 3.49. The van der Waals surface area contributed by atoms with Crippen LogP contribution in [0.2, 0.25) is 0 Å². The Morgan fingerprint density at radius 2 is 2.10 bits per heavy atom. The van der Waals surface area contributed by atoms with Gasteiger partial charge in [0.05, 0.1) is 6.10 Å². The Balaban J connectivity index is 2.08. The summed E-state index contributed by atoms with van der Waals surface area (Å²) in [5.74, 6) is 0. The Labute approximate surface area is 64.3 Å². The maximum absolute atomic E-state index is 10.1. The molecular weight excluding hydrogens is 156 g/mol. The van der Waals surface area contributed by atoms with Crippen molar-refractivity contribution in [3.05, 3.63) is 0 Å². The van der Waals surface area contributed by atoms with Crippen LogP contribution in [0.1, 0.15) is 12.8 Å². The highest BCUT2D eigenvalue weighted by molar-refractivity contribution is 6.61. The third-order valence-corrected chi connectivity index (χ3v) is 1.73. The predicted octanol–water partition coefficient (Wildman–Crippen LogP) is 1.54. The summed E-state index contributed by atoms with van der Waals surface area (Å²) in [6, 6.07) is 0. The lowest BCUT2D eigenvalue weighted by Gasteiger charge is -2.32. The van der Waals surface area contributed by atoms with E-state index < -0.39 is 5.43 Å². The average Bonchev–Trinajstić information content (AvgIpc) is 1.76. The number of methoxy groups -OCH3 is 1. The standard InChI is InChI=1S/C6H9ClO3/c1-9-4-2-5(3-4)10-6(7)8/h4-5H,2-3H2,1H3. The van der Waals surface area contributed by atoms with Crippen molar-refractivity contribution in [1.82, 2.24) is 0 Å². The van der Waals surface area contributed by atoms with Gasteiger partial charge in [0.25, 0.3) is 0 Å². The first kappa shape index (κ1) is 7.82. The fraction of sp³-hybridized carbons (Fsp3) is 0.833. The lowest BCUT2D eigenvalue weighted by molar-refractivity contribution is -0.0506. The van der Waals surface area contributed by atoms with Crippen LogP contribution in [0.4, 0.5) is 4.79 Å². The number of carbonyl (C=O) groups is 1. The molecule has 3 nitrogen and oxygen atoms in total. The van der Waals surface area contributed by atoms with Crippen LogP contribution in [-0.4, -0.2) is 24.7 Å². The van der Waals surface area contributed by atoms with Gasteiger partial charge in [-0.25, -0.2) is 4.79 Å². The molecule has 0 aromatic heterocycles. The van der Waals surface area contributed by atoms with Gasteiger partial charge in [-0.15, -0.1) is 0 Å². The molecule has 0 N–H and O–H groups in total. The van der Waals surface area contributed by atoms with Crippen LogP contribution in [0.5, 0.6) is 0 Å². The minimum atomic E-state index is -0.723. The Morgan fingerprint density at radius 3 is 2.50 bits per heavy atom. The normalized spacial score (nSPS) is 31.0. The minimum Gasteiger partial charge on any atom is -0.450 e. The monoisotopic (exact) mass is 164 g/mol. The topological polar surface area (TPSA) is 35.5 Å². The Kier molecular flexibility index (Phi) is 2.51. The van der Waals surface area contributed by atoms with Gasteiger partial charge >= 0.3 is 5.43 Å². The summed E-state index contributed by atoms with van der Waals surface area (Å²) in [4.78, 5) is 10.1. The van der Waals surface area contributed by atoms with Crippen molar-refractivity contribution in [2.45, 2.75) is 25.0 Å². The first-order valence-electron chi connectivity index (χ1n) is 3.11. The lowest BCUT2D eigenvalue weighted by atomic mass is 9.92. The Bertz CT molecular complexity index is 131. The molecule has 0 aromatic carbocycles. The molecule has 0 radical (unpaired) electrons. The maximum Gasteiger partial charge on any atom is 0.404 e. The van der Waals surface area contributed by atoms with E-state index in [-0.39, 0.29) is 12.2 Å². The van der Waals surface area contributed by atoms with Crippen molar-refractivity contribution in [3.63, 3.8) is 0 Å². The van der Waals surface area contributed by atoms with Crippen LogP contribution in [0.25, 0.3) is 0 Å². The van der Waals surface area contributed by atoms with Crippen molar-refractivity contribution in [3.8, 4) is 0 Å². The van der Waals surface area contributed by atoms with E-state index in [0.29, 0.717) is 0 Å². The second-order valence-corrected chi connectivity index (χ2v) is 2.62. The van der Waals surface area contributed by atoms with Crippen LogP contribution in [-0.2, 0) is 9.47 Å². The Hall–Kier alpha value is -0.280. The number of hydrogen-bond donors (Lipinski definition) is 0.